The highest BCUT2D eigenvalue weighted by Gasteiger charge is 2.21. The van der Waals surface area contributed by atoms with Crippen LogP contribution in [0.3, 0.4) is 0 Å². The van der Waals surface area contributed by atoms with E-state index in [1.165, 1.54) is 6.33 Å². The number of nitrogens with two attached hydrogens (primary N) is 1. The highest BCUT2D eigenvalue weighted by Crippen LogP contribution is 2.31. The molecule has 174 valence electrons. The van der Waals surface area contributed by atoms with Gasteiger partial charge in [-0.15, -0.1) is 0 Å². The summed E-state index contributed by atoms with van der Waals surface area (Å²) in [5.41, 5.74) is 11.8. The van der Waals surface area contributed by atoms with E-state index in [-0.39, 0.29) is 19.0 Å². The molecule has 9 heteroatoms. The van der Waals surface area contributed by atoms with E-state index in [1.807, 2.05) is 41.0 Å². The average molecular weight is 460 g/mol. The second-order valence-electron chi connectivity index (χ2n) is 7.99. The van der Waals surface area contributed by atoms with Gasteiger partial charge >= 0.3 is 5.97 Å². The van der Waals surface area contributed by atoms with Gasteiger partial charge in [-0.05, 0) is 23.6 Å². The maximum absolute atomic E-state index is 12.4. The normalized spacial score (nSPS) is 15.9. The van der Waals surface area contributed by atoms with Gasteiger partial charge in [-0.2, -0.15) is 0 Å². The van der Waals surface area contributed by atoms with Crippen LogP contribution < -0.4 is 5.73 Å². The number of nitrogens with zero attached hydrogens (tertiary/aromatic N) is 4. The zero-order valence-electron chi connectivity index (χ0n) is 18.6. The van der Waals surface area contributed by atoms with Crippen molar-refractivity contribution < 1.29 is 19.0 Å². The predicted octanol–water partition coefficient (Wildman–Crippen LogP) is 2.97. The van der Waals surface area contributed by atoms with E-state index in [4.69, 9.17) is 19.9 Å². The molecule has 1 aliphatic rings. The molecule has 1 unspecified atom stereocenters. The Labute approximate surface area is 196 Å². The molecule has 0 spiro atoms. The minimum atomic E-state index is -0.663. The lowest BCUT2D eigenvalue weighted by Crippen LogP contribution is -2.32. The number of carbonyl (C=O) groups is 1. The molecule has 5 rings (SSSR count). The van der Waals surface area contributed by atoms with Gasteiger partial charge in [-0.3, -0.25) is 4.79 Å². The summed E-state index contributed by atoms with van der Waals surface area (Å²) in [6.07, 6.45) is 3.18. The van der Waals surface area contributed by atoms with Crippen molar-refractivity contribution in [2.45, 2.75) is 25.7 Å². The van der Waals surface area contributed by atoms with E-state index in [9.17, 15) is 4.79 Å². The first-order valence-corrected chi connectivity index (χ1v) is 11.2. The third kappa shape index (κ3) is 4.75. The summed E-state index contributed by atoms with van der Waals surface area (Å²) in [7, 11) is 0. The monoisotopic (exact) mass is 459 g/mol. The summed E-state index contributed by atoms with van der Waals surface area (Å²) in [5.74, 6) is -0.371. The molecule has 0 amide bonds. The van der Waals surface area contributed by atoms with E-state index in [1.54, 1.807) is 6.33 Å². The van der Waals surface area contributed by atoms with E-state index in [0.717, 1.165) is 22.3 Å². The van der Waals surface area contributed by atoms with Gasteiger partial charge in [0, 0.05) is 17.7 Å². The number of rotatable bonds is 7. The zero-order chi connectivity index (χ0) is 23.3. The molecular weight excluding hydrogens is 434 g/mol. The van der Waals surface area contributed by atoms with Crippen LogP contribution in [-0.2, 0) is 32.0 Å². The molecule has 0 radical (unpaired) electrons. The van der Waals surface area contributed by atoms with Crippen molar-refractivity contribution in [2.75, 3.05) is 25.6 Å². The average Bonchev–Trinajstić information content (AvgIpc) is 3.27. The molecule has 0 aliphatic carbocycles. The summed E-state index contributed by atoms with van der Waals surface area (Å²) >= 11 is 0. The number of esters is 1. The fourth-order valence-corrected chi connectivity index (χ4v) is 4.05. The number of hydrogen-bond acceptors (Lipinski definition) is 8. The molecule has 2 aromatic heterocycles. The van der Waals surface area contributed by atoms with Crippen molar-refractivity contribution in [3.8, 4) is 11.3 Å². The molecule has 4 aromatic rings. The molecule has 1 aliphatic heterocycles. The Bertz CT molecular complexity index is 1290. The van der Waals surface area contributed by atoms with E-state index in [2.05, 4.69) is 27.1 Å². The number of hydrogen-bond donors (Lipinski definition) is 1. The van der Waals surface area contributed by atoms with E-state index >= 15 is 0 Å². The smallest absolute Gasteiger partial charge is 0.308 e. The molecule has 2 N–H and O–H groups in total. The standard InChI is InChI=1S/C25H25N5O4/c26-20-8-4-7-19(18(20)9-10-21(31)34-22-14-32-11-12-33-22)23-24-25(28-15-27-23)30(16-29-24)13-17-5-2-1-3-6-17/h1-8,15-16,22H,9-14,26H2. The van der Waals surface area contributed by atoms with Crippen LogP contribution in [0.1, 0.15) is 17.5 Å². The Kier molecular flexibility index (Phi) is 6.46. The first-order valence-electron chi connectivity index (χ1n) is 11.2. The molecule has 1 fully saturated rings. The SMILES string of the molecule is Nc1cccc(-c2ncnc3c2ncn3Cc2ccccc2)c1CCC(=O)OC1COCCO1. The molecular formula is C25H25N5O4. The molecule has 34 heavy (non-hydrogen) atoms. The second-order valence-corrected chi connectivity index (χ2v) is 7.99. The Hall–Kier alpha value is -3.82. The Morgan fingerprint density at radius 2 is 1.97 bits per heavy atom. The molecule has 2 aromatic carbocycles. The summed E-state index contributed by atoms with van der Waals surface area (Å²) < 4.78 is 18.0. The predicted molar refractivity (Wildman–Crippen MR) is 126 cm³/mol. The van der Waals surface area contributed by atoms with E-state index < -0.39 is 6.29 Å². The third-order valence-corrected chi connectivity index (χ3v) is 5.69. The number of anilines is 1. The van der Waals surface area contributed by atoms with Crippen LogP contribution in [-0.4, -0.2) is 51.6 Å². The maximum atomic E-state index is 12.4. The molecule has 1 saturated heterocycles. The van der Waals surface area contributed by atoms with Gasteiger partial charge in [0.15, 0.2) is 5.65 Å². The van der Waals surface area contributed by atoms with Gasteiger partial charge in [0.1, 0.15) is 24.1 Å². The first-order chi connectivity index (χ1) is 16.7. The Balaban J connectivity index is 1.40. The molecule has 3 heterocycles. The lowest BCUT2D eigenvalue weighted by molar-refractivity contribution is -0.214. The summed E-state index contributed by atoms with van der Waals surface area (Å²) in [5, 5.41) is 0. The first kappa shape index (κ1) is 22.0. The third-order valence-electron chi connectivity index (χ3n) is 5.69. The summed E-state index contributed by atoms with van der Waals surface area (Å²) in [6.45, 7) is 1.81. The van der Waals surface area contributed by atoms with Crippen LogP contribution in [0.5, 0.6) is 0 Å². The summed E-state index contributed by atoms with van der Waals surface area (Å²) in [4.78, 5) is 26.0. The van der Waals surface area contributed by atoms with E-state index in [0.29, 0.717) is 43.1 Å². The number of carbonyl (C=O) groups excluding carboxylic acids is 1. The van der Waals surface area contributed by atoms with Gasteiger partial charge < -0.3 is 24.5 Å². The zero-order valence-corrected chi connectivity index (χ0v) is 18.6. The minimum absolute atomic E-state index is 0.151. The second kappa shape index (κ2) is 9.98. The number of ether oxygens (including phenoxy) is 3. The number of aromatic nitrogens is 4. The van der Waals surface area contributed by atoms with Crippen LogP contribution in [0.15, 0.2) is 61.2 Å². The van der Waals surface area contributed by atoms with Gasteiger partial charge in [-0.1, -0.05) is 42.5 Å². The van der Waals surface area contributed by atoms with Gasteiger partial charge in [0.25, 0.3) is 0 Å². The van der Waals surface area contributed by atoms with Gasteiger partial charge in [0.05, 0.1) is 26.1 Å². The van der Waals surface area contributed by atoms with Crippen molar-refractivity contribution >= 4 is 22.8 Å². The Morgan fingerprint density at radius 1 is 1.09 bits per heavy atom. The van der Waals surface area contributed by atoms with Crippen molar-refractivity contribution in [1.29, 1.82) is 0 Å². The van der Waals surface area contributed by atoms with Gasteiger partial charge in [0.2, 0.25) is 6.29 Å². The van der Waals surface area contributed by atoms with Crippen LogP contribution in [0.4, 0.5) is 5.69 Å². The largest absolute Gasteiger partial charge is 0.433 e. The molecule has 0 saturated carbocycles. The van der Waals surface area contributed by atoms with Crippen LogP contribution in [0.2, 0.25) is 0 Å². The summed E-state index contributed by atoms with van der Waals surface area (Å²) in [6, 6.07) is 15.7. The minimum Gasteiger partial charge on any atom is -0.433 e. The fraction of sp³-hybridized carbons (Fsp3) is 0.280. The van der Waals surface area contributed by atoms with Gasteiger partial charge in [-0.25, -0.2) is 15.0 Å². The quantitative estimate of drug-likeness (QED) is 0.331. The lowest BCUT2D eigenvalue weighted by Gasteiger charge is -2.22. The van der Waals surface area contributed by atoms with Crippen molar-refractivity contribution in [3.05, 3.63) is 72.3 Å². The lowest BCUT2D eigenvalue weighted by atomic mass is 9.98. The van der Waals surface area contributed by atoms with Crippen molar-refractivity contribution in [1.82, 2.24) is 19.5 Å². The highest BCUT2D eigenvalue weighted by atomic mass is 16.7. The van der Waals surface area contributed by atoms with Crippen molar-refractivity contribution in [2.24, 2.45) is 0 Å². The number of nitrogen functional groups attached to an aromatic ring is 1. The number of imidazole rings is 1. The van der Waals surface area contributed by atoms with Crippen molar-refractivity contribution in [3.63, 3.8) is 0 Å². The number of fused-ring (bicyclic) bond motifs is 1. The fourth-order valence-electron chi connectivity index (χ4n) is 4.05. The van der Waals surface area contributed by atoms with Crippen LogP contribution in [0, 0.1) is 0 Å². The molecule has 1 atom stereocenters. The number of benzene rings is 2. The Morgan fingerprint density at radius 3 is 2.79 bits per heavy atom. The molecule has 0 bridgehead atoms. The molecule has 9 nitrogen and oxygen atoms in total. The van der Waals surface area contributed by atoms with Crippen LogP contribution in [0.25, 0.3) is 22.4 Å². The highest BCUT2D eigenvalue weighted by molar-refractivity contribution is 5.89. The maximum Gasteiger partial charge on any atom is 0.308 e. The topological polar surface area (TPSA) is 114 Å². The van der Waals surface area contributed by atoms with Crippen LogP contribution >= 0.6 is 0 Å².